The molecule has 2 fully saturated rings. The van der Waals surface area contributed by atoms with E-state index in [1.54, 1.807) is 0 Å². The van der Waals surface area contributed by atoms with E-state index in [1.165, 1.54) is 11.3 Å². The summed E-state index contributed by atoms with van der Waals surface area (Å²) in [6.07, 6.45) is 0.708. The molecule has 198 valence electrons. The second-order valence-electron chi connectivity index (χ2n) is 10.1. The van der Waals surface area contributed by atoms with E-state index in [-0.39, 0.29) is 0 Å². The van der Waals surface area contributed by atoms with E-state index >= 15 is 0 Å². The van der Waals surface area contributed by atoms with Crippen molar-refractivity contribution in [3.63, 3.8) is 0 Å². The topological polar surface area (TPSA) is 80.1 Å². The lowest BCUT2D eigenvalue weighted by atomic mass is 9.94. The molecule has 1 aliphatic carbocycles. The number of hydrogen-bond acceptors (Lipinski definition) is 6. The molecule has 0 radical (unpaired) electrons. The van der Waals surface area contributed by atoms with Crippen molar-refractivity contribution in [2.45, 2.75) is 6.42 Å². The molecule has 3 aromatic carbocycles. The second-order valence-corrected chi connectivity index (χ2v) is 10.5. The molecule has 3 aromatic rings. The number of halogens is 1. The average molecular weight is 533 g/mol. The highest BCUT2D eigenvalue weighted by Gasteiger charge is 2.26. The zero-order valence-electron chi connectivity index (χ0n) is 21.5. The first-order valence-corrected chi connectivity index (χ1v) is 13.7. The van der Waals surface area contributed by atoms with Crippen LogP contribution in [0.2, 0.25) is 5.02 Å². The summed E-state index contributed by atoms with van der Waals surface area (Å²) >= 11 is 6.63. The number of nitrogens with zero attached hydrogens (tertiary/aromatic N) is 2. The zero-order chi connectivity index (χ0) is 26.1. The first kappa shape index (κ1) is 25.2. The Kier molecular flexibility index (Phi) is 7.26. The molecule has 1 amide bonds. The molecule has 0 bridgehead atoms. The van der Waals surface area contributed by atoms with Gasteiger partial charge in [0, 0.05) is 57.1 Å². The van der Waals surface area contributed by atoms with E-state index in [0.717, 1.165) is 86.8 Å². The predicted molar refractivity (Wildman–Crippen MR) is 151 cm³/mol. The number of anilines is 1. The summed E-state index contributed by atoms with van der Waals surface area (Å²) in [5.74, 6) is 0.248. The summed E-state index contributed by atoms with van der Waals surface area (Å²) < 4.78 is 11.4. The van der Waals surface area contributed by atoms with Crippen LogP contribution in [0, 0.1) is 0 Å². The monoisotopic (exact) mass is 532 g/mol. The molecule has 3 aliphatic rings. The van der Waals surface area contributed by atoms with E-state index in [1.807, 2.05) is 24.3 Å². The van der Waals surface area contributed by atoms with Gasteiger partial charge in [-0.05, 0) is 76.2 Å². The number of nitrogens with two attached hydrogens (primary N) is 1. The smallest absolute Gasteiger partial charge is 0.249 e. The van der Waals surface area contributed by atoms with E-state index in [2.05, 4.69) is 39.4 Å². The Balaban J connectivity index is 1.25. The predicted octanol–water partition coefficient (Wildman–Crippen LogP) is 3.80. The van der Waals surface area contributed by atoms with Gasteiger partial charge in [-0.1, -0.05) is 23.7 Å². The Bertz CT molecular complexity index is 1350. The number of nitrogens with one attached hydrogen (secondary N) is 1. The standard InChI is InChI=1S/C30H33ClN4O3/c31-28-19-20(1-4-29(28)38-14-11-34-9-12-37-13-10-34)21-16-25-24-3-2-23(35-7-5-33-6-8-35)15-22(24)18-26(25)27(17-21)30(32)36/h1-4,15-17,19,33H,5-14,18H2,(H2,32,36). The highest BCUT2D eigenvalue weighted by Crippen LogP contribution is 2.43. The summed E-state index contributed by atoms with van der Waals surface area (Å²) in [6.45, 7) is 8.77. The number of carbonyl (C=O) groups excluding carboxylic acids is 1. The van der Waals surface area contributed by atoms with Gasteiger partial charge >= 0.3 is 0 Å². The summed E-state index contributed by atoms with van der Waals surface area (Å²) in [7, 11) is 0. The molecule has 0 aromatic heterocycles. The van der Waals surface area contributed by atoms with Crippen molar-refractivity contribution in [2.75, 3.05) is 70.5 Å². The van der Waals surface area contributed by atoms with Gasteiger partial charge in [0.05, 0.1) is 18.2 Å². The Morgan fingerprint density at radius 2 is 1.79 bits per heavy atom. The maximum absolute atomic E-state index is 12.5. The SMILES string of the molecule is NC(=O)c1cc(-c2ccc(OCCN3CCOCC3)c(Cl)c2)cc2c1Cc1cc(N3CCNCC3)ccc1-2. The number of fused-ring (bicyclic) bond motifs is 3. The summed E-state index contributed by atoms with van der Waals surface area (Å²) in [5, 5.41) is 3.95. The number of primary amides is 1. The molecule has 0 unspecified atom stereocenters. The Labute approximate surface area is 228 Å². The summed E-state index contributed by atoms with van der Waals surface area (Å²) in [5.41, 5.74) is 14.0. The zero-order valence-corrected chi connectivity index (χ0v) is 22.2. The van der Waals surface area contributed by atoms with Crippen LogP contribution < -0.4 is 20.7 Å². The van der Waals surface area contributed by atoms with Crippen molar-refractivity contribution in [1.82, 2.24) is 10.2 Å². The minimum atomic E-state index is -0.410. The number of hydrogen-bond donors (Lipinski definition) is 2. The van der Waals surface area contributed by atoms with Crippen molar-refractivity contribution in [3.05, 3.63) is 70.2 Å². The maximum Gasteiger partial charge on any atom is 0.249 e. The lowest BCUT2D eigenvalue weighted by Crippen LogP contribution is -2.43. The molecule has 0 atom stereocenters. The van der Waals surface area contributed by atoms with Crippen LogP contribution in [0.4, 0.5) is 5.69 Å². The fourth-order valence-corrected chi connectivity index (χ4v) is 5.93. The molecule has 6 rings (SSSR count). The first-order chi connectivity index (χ1) is 18.6. The maximum atomic E-state index is 12.5. The molecule has 2 aliphatic heterocycles. The molecular formula is C30H33ClN4O3. The minimum absolute atomic E-state index is 0.410. The second kappa shape index (κ2) is 10.9. The van der Waals surface area contributed by atoms with Gasteiger partial charge in [0.1, 0.15) is 12.4 Å². The highest BCUT2D eigenvalue weighted by atomic mass is 35.5. The van der Waals surface area contributed by atoms with E-state index in [0.29, 0.717) is 29.4 Å². The quantitative estimate of drug-likeness (QED) is 0.377. The van der Waals surface area contributed by atoms with Gasteiger partial charge in [-0.3, -0.25) is 9.69 Å². The van der Waals surface area contributed by atoms with Crippen LogP contribution in [0.1, 0.15) is 21.5 Å². The molecular weight excluding hydrogens is 500 g/mol. The van der Waals surface area contributed by atoms with Crippen LogP contribution >= 0.6 is 11.6 Å². The van der Waals surface area contributed by atoms with Gasteiger partial charge in [0.15, 0.2) is 0 Å². The van der Waals surface area contributed by atoms with Crippen molar-refractivity contribution in [2.24, 2.45) is 5.73 Å². The third-order valence-electron chi connectivity index (χ3n) is 7.78. The first-order valence-electron chi connectivity index (χ1n) is 13.4. The molecule has 38 heavy (non-hydrogen) atoms. The van der Waals surface area contributed by atoms with Crippen molar-refractivity contribution < 1.29 is 14.3 Å². The van der Waals surface area contributed by atoms with Gasteiger partial charge in [0.25, 0.3) is 0 Å². The van der Waals surface area contributed by atoms with Gasteiger partial charge in [-0.2, -0.15) is 0 Å². The number of carbonyl (C=O) groups is 1. The largest absolute Gasteiger partial charge is 0.491 e. The number of morpholine rings is 1. The fraction of sp³-hybridized carbons (Fsp3) is 0.367. The molecule has 3 N–H and O–H groups in total. The third-order valence-corrected chi connectivity index (χ3v) is 8.07. The molecule has 8 heteroatoms. The number of rotatable bonds is 7. The molecule has 7 nitrogen and oxygen atoms in total. The summed E-state index contributed by atoms with van der Waals surface area (Å²) in [6, 6.07) is 16.5. The lowest BCUT2D eigenvalue weighted by molar-refractivity contribution is 0.0322. The van der Waals surface area contributed by atoms with Crippen LogP contribution in [-0.2, 0) is 11.2 Å². The van der Waals surface area contributed by atoms with Gasteiger partial charge in [0.2, 0.25) is 5.91 Å². The Hall–Kier alpha value is -3.10. The number of piperazine rings is 1. The van der Waals surface area contributed by atoms with E-state index in [4.69, 9.17) is 26.8 Å². The van der Waals surface area contributed by atoms with Gasteiger partial charge in [-0.15, -0.1) is 0 Å². The van der Waals surface area contributed by atoms with Crippen molar-refractivity contribution >= 4 is 23.2 Å². The Morgan fingerprint density at radius 1 is 0.974 bits per heavy atom. The van der Waals surface area contributed by atoms with Crippen LogP contribution in [0.5, 0.6) is 5.75 Å². The van der Waals surface area contributed by atoms with Crippen molar-refractivity contribution in [3.8, 4) is 28.0 Å². The summed E-state index contributed by atoms with van der Waals surface area (Å²) in [4.78, 5) is 17.3. The molecule has 2 saturated heterocycles. The number of ether oxygens (including phenoxy) is 2. The van der Waals surface area contributed by atoms with Gasteiger partial charge in [-0.25, -0.2) is 0 Å². The molecule has 2 heterocycles. The Morgan fingerprint density at radius 3 is 2.55 bits per heavy atom. The highest BCUT2D eigenvalue weighted by molar-refractivity contribution is 6.32. The number of amides is 1. The minimum Gasteiger partial charge on any atom is -0.491 e. The van der Waals surface area contributed by atoms with Crippen LogP contribution in [0.3, 0.4) is 0 Å². The van der Waals surface area contributed by atoms with Crippen molar-refractivity contribution in [1.29, 1.82) is 0 Å². The molecule has 0 saturated carbocycles. The van der Waals surface area contributed by atoms with E-state index in [9.17, 15) is 4.79 Å². The average Bonchev–Trinajstić information content (AvgIpc) is 3.32. The van der Waals surface area contributed by atoms with E-state index < -0.39 is 5.91 Å². The molecule has 0 spiro atoms. The number of benzene rings is 3. The lowest BCUT2D eigenvalue weighted by Gasteiger charge is -2.29. The van der Waals surface area contributed by atoms with Crippen LogP contribution in [0.15, 0.2) is 48.5 Å². The van der Waals surface area contributed by atoms with Gasteiger partial charge < -0.3 is 25.4 Å². The normalized spacial score (nSPS) is 17.2. The fourth-order valence-electron chi connectivity index (χ4n) is 5.70. The third kappa shape index (κ3) is 5.12. The van der Waals surface area contributed by atoms with Crippen LogP contribution in [-0.4, -0.2) is 76.4 Å². The van der Waals surface area contributed by atoms with Crippen LogP contribution in [0.25, 0.3) is 22.3 Å².